The highest BCUT2D eigenvalue weighted by molar-refractivity contribution is 14.0. The van der Waals surface area contributed by atoms with Crippen molar-refractivity contribution in [3.8, 4) is 5.75 Å². The summed E-state index contributed by atoms with van der Waals surface area (Å²) in [6.07, 6.45) is 0. The first-order chi connectivity index (χ1) is 12.5. The summed E-state index contributed by atoms with van der Waals surface area (Å²) in [5, 5.41) is 5.88. The summed E-state index contributed by atoms with van der Waals surface area (Å²) in [4.78, 5) is 16.3. The van der Waals surface area contributed by atoms with Gasteiger partial charge >= 0.3 is 0 Å². The summed E-state index contributed by atoms with van der Waals surface area (Å²) in [5.41, 5.74) is 8.61. The van der Waals surface area contributed by atoms with Crippen molar-refractivity contribution >= 4 is 41.5 Å². The SMILES string of the molecule is COc1ccc(C(=O)NCCN=C(N)Nc2cccc(C(C)C)c2)cc1.I. The maximum Gasteiger partial charge on any atom is 0.251 e. The van der Waals surface area contributed by atoms with Crippen LogP contribution in [-0.2, 0) is 0 Å². The van der Waals surface area contributed by atoms with Gasteiger partial charge in [-0.2, -0.15) is 0 Å². The molecule has 0 atom stereocenters. The van der Waals surface area contributed by atoms with E-state index in [0.29, 0.717) is 36.3 Å². The molecule has 0 radical (unpaired) electrons. The second-order valence-corrected chi connectivity index (χ2v) is 6.16. The normalized spacial score (nSPS) is 10.9. The first-order valence-corrected chi connectivity index (χ1v) is 8.58. The lowest BCUT2D eigenvalue weighted by atomic mass is 10.0. The van der Waals surface area contributed by atoms with Crippen LogP contribution in [0, 0.1) is 0 Å². The van der Waals surface area contributed by atoms with Crippen molar-refractivity contribution in [3.63, 3.8) is 0 Å². The van der Waals surface area contributed by atoms with Crippen LogP contribution in [0.1, 0.15) is 35.7 Å². The molecule has 0 aliphatic carbocycles. The number of halogens is 1. The van der Waals surface area contributed by atoms with E-state index >= 15 is 0 Å². The summed E-state index contributed by atoms with van der Waals surface area (Å²) >= 11 is 0. The molecule has 0 fully saturated rings. The van der Waals surface area contributed by atoms with Gasteiger partial charge in [0.05, 0.1) is 13.7 Å². The standard InChI is InChI=1S/C20H26N4O2.HI/c1-14(2)16-5-4-6-17(13-16)24-20(21)23-12-11-22-19(25)15-7-9-18(26-3)10-8-15;/h4-10,13-14H,11-12H2,1-3H3,(H,22,25)(H3,21,23,24);1H. The molecule has 4 N–H and O–H groups in total. The zero-order valence-corrected chi connectivity index (χ0v) is 18.2. The van der Waals surface area contributed by atoms with Crippen molar-refractivity contribution in [2.24, 2.45) is 10.7 Å². The Kier molecular flexibility index (Phi) is 9.63. The number of rotatable bonds is 7. The second-order valence-electron chi connectivity index (χ2n) is 6.16. The highest BCUT2D eigenvalue weighted by Gasteiger charge is 2.05. The van der Waals surface area contributed by atoms with E-state index in [1.807, 2.05) is 12.1 Å². The van der Waals surface area contributed by atoms with Gasteiger partial charge in [0.1, 0.15) is 5.75 Å². The Bertz CT molecular complexity index is 761. The number of nitrogens with one attached hydrogen (secondary N) is 2. The number of benzene rings is 2. The molecule has 0 aromatic heterocycles. The number of carbonyl (C=O) groups is 1. The van der Waals surface area contributed by atoms with Gasteiger partial charge in [-0.25, -0.2) is 0 Å². The van der Waals surface area contributed by atoms with Gasteiger partial charge in [0, 0.05) is 17.8 Å². The van der Waals surface area contributed by atoms with E-state index in [1.165, 1.54) is 5.56 Å². The number of hydrogen-bond donors (Lipinski definition) is 3. The van der Waals surface area contributed by atoms with E-state index in [0.717, 1.165) is 5.69 Å². The summed E-state index contributed by atoms with van der Waals surface area (Å²) < 4.78 is 5.07. The van der Waals surface area contributed by atoms with Crippen LogP contribution in [0.5, 0.6) is 5.75 Å². The number of amides is 1. The lowest BCUT2D eigenvalue weighted by Gasteiger charge is -2.10. The van der Waals surface area contributed by atoms with Crippen LogP contribution in [-0.4, -0.2) is 32.1 Å². The molecule has 2 aromatic rings. The van der Waals surface area contributed by atoms with Crippen molar-refractivity contribution in [3.05, 3.63) is 59.7 Å². The highest BCUT2D eigenvalue weighted by atomic mass is 127. The number of nitrogens with zero attached hydrogens (tertiary/aromatic N) is 1. The number of nitrogens with two attached hydrogens (primary N) is 1. The molecule has 27 heavy (non-hydrogen) atoms. The number of carbonyl (C=O) groups excluding carboxylic acids is 1. The summed E-state index contributed by atoms with van der Waals surface area (Å²) in [6, 6.07) is 15.0. The molecule has 2 aromatic carbocycles. The van der Waals surface area contributed by atoms with Gasteiger partial charge in [0.25, 0.3) is 5.91 Å². The number of anilines is 1. The topological polar surface area (TPSA) is 88.7 Å². The quantitative estimate of drug-likeness (QED) is 0.244. The second kappa shape index (κ2) is 11.4. The van der Waals surface area contributed by atoms with E-state index in [-0.39, 0.29) is 29.9 Å². The van der Waals surface area contributed by atoms with Crippen molar-refractivity contribution in [1.29, 1.82) is 0 Å². The first kappa shape index (κ1) is 22.8. The molecule has 6 nitrogen and oxygen atoms in total. The Labute approximate surface area is 177 Å². The fourth-order valence-electron chi connectivity index (χ4n) is 2.35. The third kappa shape index (κ3) is 7.46. The molecule has 0 spiro atoms. The van der Waals surface area contributed by atoms with Crippen LogP contribution in [0.25, 0.3) is 0 Å². The molecule has 0 heterocycles. The van der Waals surface area contributed by atoms with Gasteiger partial charge in [-0.05, 0) is 47.9 Å². The first-order valence-electron chi connectivity index (χ1n) is 8.58. The smallest absolute Gasteiger partial charge is 0.251 e. The Morgan fingerprint density at radius 3 is 2.52 bits per heavy atom. The predicted molar refractivity (Wildman–Crippen MR) is 121 cm³/mol. The van der Waals surface area contributed by atoms with Crippen molar-refractivity contribution < 1.29 is 9.53 Å². The monoisotopic (exact) mass is 482 g/mol. The van der Waals surface area contributed by atoms with Gasteiger partial charge in [0.2, 0.25) is 0 Å². The van der Waals surface area contributed by atoms with E-state index in [4.69, 9.17) is 10.5 Å². The lowest BCUT2D eigenvalue weighted by molar-refractivity contribution is 0.0955. The average molecular weight is 482 g/mol. The average Bonchev–Trinajstić information content (AvgIpc) is 2.65. The molecule has 0 unspecified atom stereocenters. The number of methoxy groups -OCH3 is 1. The number of hydrogen-bond acceptors (Lipinski definition) is 3. The van der Waals surface area contributed by atoms with Crippen LogP contribution in [0.4, 0.5) is 5.69 Å². The minimum atomic E-state index is -0.154. The Morgan fingerprint density at radius 2 is 1.89 bits per heavy atom. The maximum atomic E-state index is 12.0. The molecule has 2 rings (SSSR count). The minimum absolute atomic E-state index is 0. The molecule has 0 aliphatic heterocycles. The van der Waals surface area contributed by atoms with Crippen LogP contribution >= 0.6 is 24.0 Å². The van der Waals surface area contributed by atoms with Crippen LogP contribution < -0.4 is 21.1 Å². The Morgan fingerprint density at radius 1 is 1.19 bits per heavy atom. The molecule has 1 amide bonds. The fraction of sp³-hybridized carbons (Fsp3) is 0.300. The van der Waals surface area contributed by atoms with E-state index in [1.54, 1.807) is 31.4 Å². The number of aliphatic imine (C=N–C) groups is 1. The van der Waals surface area contributed by atoms with E-state index in [9.17, 15) is 4.79 Å². The molecule has 146 valence electrons. The minimum Gasteiger partial charge on any atom is -0.497 e. The largest absolute Gasteiger partial charge is 0.497 e. The van der Waals surface area contributed by atoms with Gasteiger partial charge in [0.15, 0.2) is 5.96 Å². The lowest BCUT2D eigenvalue weighted by Crippen LogP contribution is -2.28. The van der Waals surface area contributed by atoms with Crippen LogP contribution in [0.3, 0.4) is 0 Å². The number of ether oxygens (including phenoxy) is 1. The summed E-state index contributed by atoms with van der Waals surface area (Å²) in [6.45, 7) is 5.08. The summed E-state index contributed by atoms with van der Waals surface area (Å²) in [5.74, 6) is 1.33. The zero-order valence-electron chi connectivity index (χ0n) is 15.9. The molecule has 0 bridgehead atoms. The zero-order chi connectivity index (χ0) is 18.9. The molecule has 0 saturated carbocycles. The van der Waals surface area contributed by atoms with Crippen molar-refractivity contribution in [2.75, 3.05) is 25.5 Å². The molecule has 0 aliphatic rings. The Hall–Kier alpha value is -2.29. The van der Waals surface area contributed by atoms with Crippen LogP contribution in [0.2, 0.25) is 0 Å². The van der Waals surface area contributed by atoms with Gasteiger partial charge in [-0.1, -0.05) is 26.0 Å². The van der Waals surface area contributed by atoms with Crippen LogP contribution in [0.15, 0.2) is 53.5 Å². The van der Waals surface area contributed by atoms with Gasteiger partial charge in [-0.15, -0.1) is 24.0 Å². The third-order valence-electron chi connectivity index (χ3n) is 3.86. The fourth-order valence-corrected chi connectivity index (χ4v) is 2.35. The van der Waals surface area contributed by atoms with Crippen molar-refractivity contribution in [2.45, 2.75) is 19.8 Å². The molecular weight excluding hydrogens is 455 g/mol. The summed E-state index contributed by atoms with van der Waals surface area (Å²) in [7, 11) is 1.59. The molecular formula is C20H27IN4O2. The highest BCUT2D eigenvalue weighted by Crippen LogP contribution is 2.18. The van der Waals surface area contributed by atoms with E-state index in [2.05, 4.69) is 41.6 Å². The van der Waals surface area contributed by atoms with E-state index < -0.39 is 0 Å². The maximum absolute atomic E-state index is 12.0. The van der Waals surface area contributed by atoms with Crippen molar-refractivity contribution in [1.82, 2.24) is 5.32 Å². The molecule has 0 saturated heterocycles. The van der Waals surface area contributed by atoms with Gasteiger partial charge in [-0.3, -0.25) is 9.79 Å². The number of guanidine groups is 1. The predicted octanol–water partition coefficient (Wildman–Crippen LogP) is 3.59. The van der Waals surface area contributed by atoms with Gasteiger partial charge < -0.3 is 21.1 Å². The Balaban J connectivity index is 0.00000364. The molecule has 7 heteroatoms. The third-order valence-corrected chi connectivity index (χ3v) is 3.86.